The highest BCUT2D eigenvalue weighted by atomic mass is 19.3. The summed E-state index contributed by atoms with van der Waals surface area (Å²) in [6.07, 6.45) is -3.14. The Balaban J connectivity index is 3.93. The van der Waals surface area contributed by atoms with E-state index in [-0.39, 0.29) is 19.1 Å². The molecule has 0 fully saturated rings. The number of carboxylic acids is 1. The number of ether oxygens (including phenoxy) is 1. The normalized spacial score (nSPS) is 15.5. The number of carboxylic acid groups (broad SMARTS) is 1. The van der Waals surface area contributed by atoms with E-state index in [1.807, 2.05) is 6.92 Å². The Morgan fingerprint density at radius 1 is 1.42 bits per heavy atom. The number of hydrogen-bond donors (Lipinski definition) is 2. The van der Waals surface area contributed by atoms with E-state index in [1.165, 1.54) is 0 Å². The van der Waals surface area contributed by atoms with Crippen LogP contribution in [0.5, 0.6) is 0 Å². The van der Waals surface area contributed by atoms with E-state index in [9.17, 15) is 22.4 Å². The standard InChI is InChI=1S/C11H19F4NO3/c1-3-7(2)8(9(17)18)16-4-5-19-6-11(14,15)10(12)13/h7-8,10,16H,3-6H2,1-2H3,(H,17,18)/t7-,8-/m0/s1. The molecule has 0 saturated carbocycles. The van der Waals surface area contributed by atoms with E-state index >= 15 is 0 Å². The van der Waals surface area contributed by atoms with Gasteiger partial charge < -0.3 is 15.2 Å². The predicted molar refractivity (Wildman–Crippen MR) is 60.7 cm³/mol. The monoisotopic (exact) mass is 289 g/mol. The third-order valence-corrected chi connectivity index (χ3v) is 2.70. The topological polar surface area (TPSA) is 58.6 Å². The third-order valence-electron chi connectivity index (χ3n) is 2.70. The molecule has 4 nitrogen and oxygen atoms in total. The average molecular weight is 289 g/mol. The fourth-order valence-corrected chi connectivity index (χ4v) is 1.33. The first kappa shape index (κ1) is 18.1. The molecule has 0 aliphatic rings. The second-order valence-electron chi connectivity index (χ2n) is 4.27. The quantitative estimate of drug-likeness (QED) is 0.477. The lowest BCUT2D eigenvalue weighted by atomic mass is 9.99. The minimum atomic E-state index is -4.18. The highest BCUT2D eigenvalue weighted by Crippen LogP contribution is 2.22. The zero-order chi connectivity index (χ0) is 15.1. The maximum absolute atomic E-state index is 12.5. The van der Waals surface area contributed by atoms with E-state index in [0.29, 0.717) is 6.42 Å². The SMILES string of the molecule is CC[C@H](C)[C@H](NCCOCC(F)(F)C(F)F)C(=O)O. The Morgan fingerprint density at radius 2 is 2.00 bits per heavy atom. The Hall–Kier alpha value is -0.890. The molecule has 2 N–H and O–H groups in total. The number of hydrogen-bond acceptors (Lipinski definition) is 3. The highest BCUT2D eigenvalue weighted by Gasteiger charge is 2.40. The maximum Gasteiger partial charge on any atom is 0.330 e. The van der Waals surface area contributed by atoms with Gasteiger partial charge in [-0.3, -0.25) is 4.79 Å². The smallest absolute Gasteiger partial charge is 0.330 e. The van der Waals surface area contributed by atoms with Gasteiger partial charge in [0, 0.05) is 6.54 Å². The van der Waals surface area contributed by atoms with Crippen molar-refractivity contribution in [2.75, 3.05) is 19.8 Å². The summed E-state index contributed by atoms with van der Waals surface area (Å²) in [7, 11) is 0. The van der Waals surface area contributed by atoms with Gasteiger partial charge in [0.2, 0.25) is 0 Å². The predicted octanol–water partition coefficient (Wildman–Crippen LogP) is 1.99. The number of carbonyl (C=O) groups is 1. The van der Waals surface area contributed by atoms with Crippen LogP contribution >= 0.6 is 0 Å². The van der Waals surface area contributed by atoms with Crippen LogP contribution in [0.15, 0.2) is 0 Å². The van der Waals surface area contributed by atoms with Crippen LogP contribution in [0.2, 0.25) is 0 Å². The molecule has 0 spiro atoms. The van der Waals surface area contributed by atoms with Crippen LogP contribution in [0, 0.1) is 5.92 Å². The van der Waals surface area contributed by atoms with Crippen LogP contribution in [0.4, 0.5) is 17.6 Å². The van der Waals surface area contributed by atoms with Gasteiger partial charge in [0.05, 0.1) is 6.61 Å². The Morgan fingerprint density at radius 3 is 2.42 bits per heavy atom. The lowest BCUT2D eigenvalue weighted by Crippen LogP contribution is -2.43. The van der Waals surface area contributed by atoms with E-state index in [1.54, 1.807) is 6.92 Å². The Bertz CT molecular complexity index is 277. The molecule has 0 aliphatic heterocycles. The second kappa shape index (κ2) is 8.31. The molecule has 0 rings (SSSR count). The number of rotatable bonds is 10. The zero-order valence-electron chi connectivity index (χ0n) is 10.8. The fourth-order valence-electron chi connectivity index (χ4n) is 1.33. The lowest BCUT2D eigenvalue weighted by Gasteiger charge is -2.20. The van der Waals surface area contributed by atoms with Crippen molar-refractivity contribution in [2.45, 2.75) is 38.7 Å². The Labute approximate surface area is 109 Å². The van der Waals surface area contributed by atoms with Crippen LogP contribution in [-0.2, 0) is 9.53 Å². The van der Waals surface area contributed by atoms with Crippen molar-refractivity contribution in [2.24, 2.45) is 5.92 Å². The van der Waals surface area contributed by atoms with Gasteiger partial charge >= 0.3 is 18.3 Å². The van der Waals surface area contributed by atoms with Gasteiger partial charge in [0.15, 0.2) is 0 Å². The summed E-state index contributed by atoms with van der Waals surface area (Å²) in [4.78, 5) is 10.9. The van der Waals surface area contributed by atoms with E-state index < -0.39 is 31.0 Å². The van der Waals surface area contributed by atoms with Gasteiger partial charge in [-0.05, 0) is 5.92 Å². The molecule has 0 saturated heterocycles. The number of halogens is 4. The molecule has 0 bridgehead atoms. The molecule has 0 heterocycles. The zero-order valence-corrected chi connectivity index (χ0v) is 10.8. The summed E-state index contributed by atoms with van der Waals surface area (Å²) >= 11 is 0. The summed E-state index contributed by atoms with van der Waals surface area (Å²) in [5, 5.41) is 11.5. The molecule has 114 valence electrons. The number of alkyl halides is 4. The number of nitrogens with one attached hydrogen (secondary N) is 1. The average Bonchev–Trinajstić information content (AvgIpc) is 2.32. The molecule has 0 aliphatic carbocycles. The van der Waals surface area contributed by atoms with Gasteiger partial charge in [0.1, 0.15) is 12.6 Å². The van der Waals surface area contributed by atoms with Crippen molar-refractivity contribution in [3.63, 3.8) is 0 Å². The maximum atomic E-state index is 12.5. The second-order valence-corrected chi connectivity index (χ2v) is 4.27. The molecule has 0 aromatic rings. The van der Waals surface area contributed by atoms with Crippen LogP contribution < -0.4 is 5.32 Å². The fraction of sp³-hybridized carbons (Fsp3) is 0.909. The first-order valence-electron chi connectivity index (χ1n) is 5.92. The molecule has 19 heavy (non-hydrogen) atoms. The highest BCUT2D eigenvalue weighted by molar-refractivity contribution is 5.73. The Kier molecular flexibility index (Phi) is 7.93. The van der Waals surface area contributed by atoms with Gasteiger partial charge in [-0.2, -0.15) is 8.78 Å². The van der Waals surface area contributed by atoms with Crippen LogP contribution in [0.25, 0.3) is 0 Å². The molecule has 0 aromatic carbocycles. The largest absolute Gasteiger partial charge is 0.480 e. The number of aliphatic carboxylic acids is 1. The van der Waals surface area contributed by atoms with Crippen molar-refractivity contribution < 1.29 is 32.2 Å². The molecular formula is C11H19F4NO3. The van der Waals surface area contributed by atoms with Crippen LogP contribution in [0.1, 0.15) is 20.3 Å². The van der Waals surface area contributed by atoms with Gasteiger partial charge in [-0.25, -0.2) is 8.78 Å². The van der Waals surface area contributed by atoms with Crippen molar-refractivity contribution in [1.29, 1.82) is 0 Å². The molecule has 0 aromatic heterocycles. The van der Waals surface area contributed by atoms with Crippen molar-refractivity contribution in [1.82, 2.24) is 5.32 Å². The first-order valence-corrected chi connectivity index (χ1v) is 5.92. The van der Waals surface area contributed by atoms with Crippen molar-refractivity contribution in [3.05, 3.63) is 0 Å². The van der Waals surface area contributed by atoms with Crippen molar-refractivity contribution >= 4 is 5.97 Å². The lowest BCUT2D eigenvalue weighted by molar-refractivity contribution is -0.165. The van der Waals surface area contributed by atoms with Crippen molar-refractivity contribution in [3.8, 4) is 0 Å². The van der Waals surface area contributed by atoms with Crippen LogP contribution in [0.3, 0.4) is 0 Å². The van der Waals surface area contributed by atoms with E-state index in [2.05, 4.69) is 10.1 Å². The molecule has 0 amide bonds. The minimum Gasteiger partial charge on any atom is -0.480 e. The molecule has 2 atom stereocenters. The first-order chi connectivity index (χ1) is 8.72. The van der Waals surface area contributed by atoms with E-state index in [0.717, 1.165) is 0 Å². The van der Waals surface area contributed by atoms with Gasteiger partial charge in [-0.15, -0.1) is 0 Å². The molecule has 8 heteroatoms. The molecular weight excluding hydrogens is 270 g/mol. The van der Waals surface area contributed by atoms with Crippen LogP contribution in [-0.4, -0.2) is 49.2 Å². The molecule has 0 radical (unpaired) electrons. The summed E-state index contributed by atoms with van der Waals surface area (Å²) in [5.74, 6) is -5.37. The summed E-state index contributed by atoms with van der Waals surface area (Å²) in [5.41, 5.74) is 0. The van der Waals surface area contributed by atoms with E-state index in [4.69, 9.17) is 5.11 Å². The summed E-state index contributed by atoms with van der Waals surface area (Å²) in [6, 6.07) is -0.816. The van der Waals surface area contributed by atoms with Gasteiger partial charge in [0.25, 0.3) is 0 Å². The third kappa shape index (κ3) is 6.72. The molecule has 0 unspecified atom stereocenters. The minimum absolute atomic E-state index is 0.000620. The summed E-state index contributed by atoms with van der Waals surface area (Å²) < 4.78 is 52.9. The van der Waals surface area contributed by atoms with Gasteiger partial charge in [-0.1, -0.05) is 20.3 Å². The summed E-state index contributed by atoms with van der Waals surface area (Å²) in [6.45, 7) is 1.91.